The van der Waals surface area contributed by atoms with E-state index in [2.05, 4.69) is 17.5 Å². The summed E-state index contributed by atoms with van der Waals surface area (Å²) in [5.74, 6) is 0.786. The van der Waals surface area contributed by atoms with E-state index in [0.717, 1.165) is 19.0 Å². The molecule has 0 saturated carbocycles. The Morgan fingerprint density at radius 1 is 1.36 bits per heavy atom. The molecular formula is C11H21NO2. The van der Waals surface area contributed by atoms with E-state index in [9.17, 15) is 0 Å². The summed E-state index contributed by atoms with van der Waals surface area (Å²) in [5, 5.41) is 3.37. The zero-order chi connectivity index (χ0) is 10.2. The fraction of sp³-hybridized carbons (Fsp3) is 0.818. The van der Waals surface area contributed by atoms with Gasteiger partial charge in [0.05, 0.1) is 0 Å². The molecule has 0 amide bonds. The highest BCUT2D eigenvalue weighted by Crippen LogP contribution is 2.16. The lowest BCUT2D eigenvalue weighted by Gasteiger charge is -2.20. The third kappa shape index (κ3) is 4.22. The highest BCUT2D eigenvalue weighted by molar-refractivity contribution is 4.90. The molecule has 1 rings (SSSR count). The number of methoxy groups -OCH3 is 2. The molecule has 0 saturated heterocycles. The van der Waals surface area contributed by atoms with Gasteiger partial charge in [-0.2, -0.15) is 0 Å². The number of allylic oxidation sites excluding steroid dienone is 2. The highest BCUT2D eigenvalue weighted by Gasteiger charge is 2.10. The molecule has 1 aliphatic rings. The third-order valence-corrected chi connectivity index (χ3v) is 2.65. The molecule has 0 bridgehead atoms. The van der Waals surface area contributed by atoms with Crippen molar-refractivity contribution in [3.63, 3.8) is 0 Å². The Hall–Kier alpha value is -0.380. The number of hydrogen-bond acceptors (Lipinski definition) is 3. The van der Waals surface area contributed by atoms with E-state index in [-0.39, 0.29) is 6.29 Å². The molecular weight excluding hydrogens is 178 g/mol. The first-order valence-corrected chi connectivity index (χ1v) is 5.28. The molecule has 0 spiro atoms. The fourth-order valence-corrected chi connectivity index (χ4v) is 1.71. The SMILES string of the molecule is COC(CNCC1CC=CCC1)OC. The van der Waals surface area contributed by atoms with Gasteiger partial charge in [-0.15, -0.1) is 0 Å². The van der Waals surface area contributed by atoms with Crippen molar-refractivity contribution >= 4 is 0 Å². The van der Waals surface area contributed by atoms with Crippen LogP contribution in [0.2, 0.25) is 0 Å². The minimum absolute atomic E-state index is 0.117. The lowest BCUT2D eigenvalue weighted by Crippen LogP contribution is -2.33. The van der Waals surface area contributed by atoms with Gasteiger partial charge in [0, 0.05) is 20.8 Å². The molecule has 1 unspecified atom stereocenters. The van der Waals surface area contributed by atoms with Crippen molar-refractivity contribution < 1.29 is 9.47 Å². The van der Waals surface area contributed by atoms with E-state index in [1.807, 2.05) is 0 Å². The fourth-order valence-electron chi connectivity index (χ4n) is 1.71. The highest BCUT2D eigenvalue weighted by atomic mass is 16.7. The van der Waals surface area contributed by atoms with E-state index in [0.29, 0.717) is 0 Å². The number of rotatable bonds is 6. The Bertz CT molecular complexity index is 167. The van der Waals surface area contributed by atoms with Gasteiger partial charge in [-0.05, 0) is 31.7 Å². The first-order chi connectivity index (χ1) is 6.86. The maximum Gasteiger partial charge on any atom is 0.169 e. The standard InChI is InChI=1S/C11H21NO2/c1-13-11(14-2)9-12-8-10-6-4-3-5-7-10/h3-4,10-12H,5-9H2,1-2H3. The minimum Gasteiger partial charge on any atom is -0.355 e. The van der Waals surface area contributed by atoms with Crippen LogP contribution in [0, 0.1) is 5.92 Å². The van der Waals surface area contributed by atoms with E-state index in [1.165, 1.54) is 19.3 Å². The van der Waals surface area contributed by atoms with E-state index in [1.54, 1.807) is 14.2 Å². The summed E-state index contributed by atoms with van der Waals surface area (Å²) < 4.78 is 10.2. The molecule has 3 nitrogen and oxygen atoms in total. The van der Waals surface area contributed by atoms with E-state index >= 15 is 0 Å². The second-order valence-electron chi connectivity index (χ2n) is 3.71. The molecule has 0 aromatic heterocycles. The van der Waals surface area contributed by atoms with Crippen molar-refractivity contribution in [2.45, 2.75) is 25.6 Å². The van der Waals surface area contributed by atoms with Crippen molar-refractivity contribution in [1.29, 1.82) is 0 Å². The summed E-state index contributed by atoms with van der Waals surface area (Å²) in [7, 11) is 3.33. The normalized spacial score (nSPS) is 21.8. The quantitative estimate of drug-likeness (QED) is 0.520. The molecule has 1 N–H and O–H groups in total. The predicted octanol–water partition coefficient (Wildman–Crippen LogP) is 1.55. The van der Waals surface area contributed by atoms with E-state index in [4.69, 9.17) is 9.47 Å². The Kier molecular flexibility index (Phi) is 5.83. The second-order valence-corrected chi connectivity index (χ2v) is 3.71. The van der Waals surface area contributed by atoms with Crippen molar-refractivity contribution in [3.8, 4) is 0 Å². The van der Waals surface area contributed by atoms with Crippen LogP contribution in [-0.4, -0.2) is 33.6 Å². The van der Waals surface area contributed by atoms with Gasteiger partial charge >= 0.3 is 0 Å². The summed E-state index contributed by atoms with van der Waals surface area (Å²) in [5.41, 5.74) is 0. The van der Waals surface area contributed by atoms with Gasteiger partial charge in [0.25, 0.3) is 0 Å². The molecule has 1 atom stereocenters. The zero-order valence-electron chi connectivity index (χ0n) is 9.16. The van der Waals surface area contributed by atoms with Crippen LogP contribution in [0.1, 0.15) is 19.3 Å². The van der Waals surface area contributed by atoms with Crippen LogP contribution in [0.15, 0.2) is 12.2 Å². The van der Waals surface area contributed by atoms with Crippen LogP contribution in [0.5, 0.6) is 0 Å². The van der Waals surface area contributed by atoms with Gasteiger partial charge in [0.15, 0.2) is 6.29 Å². The molecule has 1 aliphatic carbocycles. The van der Waals surface area contributed by atoms with Gasteiger partial charge in [-0.25, -0.2) is 0 Å². The van der Waals surface area contributed by atoms with E-state index < -0.39 is 0 Å². The number of nitrogens with one attached hydrogen (secondary N) is 1. The Morgan fingerprint density at radius 2 is 2.14 bits per heavy atom. The van der Waals surface area contributed by atoms with Gasteiger partial charge < -0.3 is 14.8 Å². The zero-order valence-corrected chi connectivity index (χ0v) is 9.16. The molecule has 0 aliphatic heterocycles. The first kappa shape index (κ1) is 11.7. The van der Waals surface area contributed by atoms with Gasteiger partial charge in [-0.3, -0.25) is 0 Å². The molecule has 82 valence electrons. The topological polar surface area (TPSA) is 30.5 Å². The molecule has 3 heteroatoms. The van der Waals surface area contributed by atoms with Crippen LogP contribution >= 0.6 is 0 Å². The molecule has 0 aromatic carbocycles. The lowest BCUT2D eigenvalue weighted by atomic mass is 9.94. The molecule has 0 aromatic rings. The van der Waals surface area contributed by atoms with Crippen LogP contribution in [-0.2, 0) is 9.47 Å². The smallest absolute Gasteiger partial charge is 0.169 e. The summed E-state index contributed by atoms with van der Waals surface area (Å²) in [6.45, 7) is 1.83. The lowest BCUT2D eigenvalue weighted by molar-refractivity contribution is -0.0989. The Morgan fingerprint density at radius 3 is 2.71 bits per heavy atom. The average Bonchev–Trinajstić information content (AvgIpc) is 2.26. The van der Waals surface area contributed by atoms with Gasteiger partial charge in [0.2, 0.25) is 0 Å². The van der Waals surface area contributed by atoms with Gasteiger partial charge in [-0.1, -0.05) is 12.2 Å². The Labute approximate surface area is 86.5 Å². The molecule has 0 heterocycles. The Balaban J connectivity index is 2.05. The van der Waals surface area contributed by atoms with Crippen molar-refractivity contribution in [3.05, 3.63) is 12.2 Å². The summed E-state index contributed by atoms with van der Waals surface area (Å²) >= 11 is 0. The third-order valence-electron chi connectivity index (χ3n) is 2.65. The number of ether oxygens (including phenoxy) is 2. The van der Waals surface area contributed by atoms with Crippen molar-refractivity contribution in [1.82, 2.24) is 5.32 Å². The van der Waals surface area contributed by atoms with Crippen LogP contribution in [0.4, 0.5) is 0 Å². The predicted molar refractivity (Wildman–Crippen MR) is 57.2 cm³/mol. The first-order valence-electron chi connectivity index (χ1n) is 5.28. The van der Waals surface area contributed by atoms with Gasteiger partial charge in [0.1, 0.15) is 0 Å². The summed E-state index contributed by atoms with van der Waals surface area (Å²) in [4.78, 5) is 0. The molecule has 14 heavy (non-hydrogen) atoms. The summed E-state index contributed by atoms with van der Waals surface area (Å²) in [6, 6.07) is 0. The molecule has 0 radical (unpaired) electrons. The summed E-state index contributed by atoms with van der Waals surface area (Å²) in [6.07, 6.45) is 8.16. The monoisotopic (exact) mass is 199 g/mol. The van der Waals surface area contributed by atoms with Crippen LogP contribution in [0.25, 0.3) is 0 Å². The van der Waals surface area contributed by atoms with Crippen molar-refractivity contribution in [2.75, 3.05) is 27.3 Å². The van der Waals surface area contributed by atoms with Crippen LogP contribution < -0.4 is 5.32 Å². The molecule has 0 fully saturated rings. The second kappa shape index (κ2) is 6.98. The van der Waals surface area contributed by atoms with Crippen molar-refractivity contribution in [2.24, 2.45) is 5.92 Å². The maximum absolute atomic E-state index is 5.09. The maximum atomic E-state index is 5.09. The number of hydrogen-bond donors (Lipinski definition) is 1. The minimum atomic E-state index is -0.117. The average molecular weight is 199 g/mol. The van der Waals surface area contributed by atoms with Crippen LogP contribution in [0.3, 0.4) is 0 Å². The largest absolute Gasteiger partial charge is 0.355 e.